The number of nitrogens with one attached hydrogen (secondary N) is 1. The molecule has 2 N–H and O–H groups in total. The molecule has 0 spiro atoms. The van der Waals surface area contributed by atoms with Gasteiger partial charge in [-0.25, -0.2) is 26.9 Å². The van der Waals surface area contributed by atoms with Gasteiger partial charge in [0.1, 0.15) is 11.9 Å². The van der Waals surface area contributed by atoms with Gasteiger partial charge in [-0.3, -0.25) is 4.99 Å². The first kappa shape index (κ1) is 29.1. The second-order valence-corrected chi connectivity index (χ2v) is 14.5. The Morgan fingerprint density at radius 2 is 1.98 bits per heavy atom. The molecule has 1 saturated carbocycles. The van der Waals surface area contributed by atoms with Crippen molar-refractivity contribution in [2.24, 2.45) is 16.8 Å². The number of benzene rings is 1. The lowest BCUT2D eigenvalue weighted by Gasteiger charge is -2.44. The average Bonchev–Trinajstić information content (AvgIpc) is 3.41. The zero-order chi connectivity index (χ0) is 28.8. The van der Waals surface area contributed by atoms with Crippen molar-refractivity contribution in [2.75, 3.05) is 20.2 Å². The van der Waals surface area contributed by atoms with Crippen LogP contribution in [0.25, 0.3) is 0 Å². The van der Waals surface area contributed by atoms with E-state index in [9.17, 15) is 22.7 Å². The molecule has 2 aliphatic heterocycles. The number of aromatic nitrogens is 1. The summed E-state index contributed by atoms with van der Waals surface area (Å²) in [5.74, 6) is -0.896. The topological polar surface area (TPSA) is 121 Å². The minimum absolute atomic E-state index is 0.0391. The second-order valence-electron chi connectivity index (χ2n) is 11.0. The Labute approximate surface area is 242 Å². The lowest BCUT2D eigenvalue weighted by atomic mass is 9.74. The summed E-state index contributed by atoms with van der Waals surface area (Å²) in [6.45, 7) is 4.01. The number of rotatable bonds is 7. The number of aliphatic hydroxyl groups is 1. The Bertz CT molecular complexity index is 1440. The molecule has 3 heterocycles. The van der Waals surface area contributed by atoms with Gasteiger partial charge in [-0.2, -0.15) is 0 Å². The van der Waals surface area contributed by atoms with Gasteiger partial charge >= 0.3 is 5.97 Å². The smallest absolute Gasteiger partial charge is 0.338 e. The fourth-order valence-electron chi connectivity index (χ4n) is 5.61. The van der Waals surface area contributed by atoms with E-state index in [1.807, 2.05) is 5.38 Å². The van der Waals surface area contributed by atoms with Gasteiger partial charge in [-0.1, -0.05) is 17.7 Å². The standard InChI is InChI=1S/C27H32ClFN4O5S2/c1-27(2,35)16-12-18(13-16)40(36,37)33-9-6-15(7-10-33)22-21(26(34)38-3)23(19-5-4-17(29)14-20(19)28)32-24(31-22)25-30-8-11-39-25/h4-5,8,11,14-16,18,23,35H,6-7,9-10,12-13H2,1-3H3,(H,31,32). The molecule has 0 amide bonds. The molecule has 1 aromatic carbocycles. The maximum Gasteiger partial charge on any atom is 0.338 e. The number of hydrogen-bond acceptors (Lipinski definition) is 9. The van der Waals surface area contributed by atoms with Crippen molar-refractivity contribution in [1.29, 1.82) is 0 Å². The number of amidine groups is 1. The predicted molar refractivity (Wildman–Crippen MR) is 151 cm³/mol. The van der Waals surface area contributed by atoms with Gasteiger partial charge in [0, 0.05) is 46.9 Å². The summed E-state index contributed by atoms with van der Waals surface area (Å²) in [5, 5.41) is 15.6. The summed E-state index contributed by atoms with van der Waals surface area (Å²) in [6, 6.07) is 3.08. The highest BCUT2D eigenvalue weighted by Gasteiger charge is 2.48. The van der Waals surface area contributed by atoms with Crippen LogP contribution in [0.1, 0.15) is 56.1 Å². The Morgan fingerprint density at radius 1 is 1.27 bits per heavy atom. The van der Waals surface area contributed by atoms with E-state index in [1.54, 1.807) is 20.0 Å². The van der Waals surface area contributed by atoms with Crippen LogP contribution in [-0.4, -0.2) is 65.7 Å². The van der Waals surface area contributed by atoms with Crippen LogP contribution in [0.5, 0.6) is 0 Å². The van der Waals surface area contributed by atoms with E-state index in [0.29, 0.717) is 60.9 Å². The van der Waals surface area contributed by atoms with Crippen molar-refractivity contribution < 1.29 is 27.4 Å². The molecule has 2 aromatic rings. The molecule has 1 aromatic heterocycles. The highest BCUT2D eigenvalue weighted by Crippen LogP contribution is 2.43. The number of esters is 1. The molecular weight excluding hydrogens is 579 g/mol. The van der Waals surface area contributed by atoms with Crippen molar-refractivity contribution in [3.05, 3.63) is 62.5 Å². The second kappa shape index (κ2) is 11.1. The van der Waals surface area contributed by atoms with Gasteiger partial charge in [-0.15, -0.1) is 11.3 Å². The van der Waals surface area contributed by atoms with Crippen LogP contribution in [0.15, 0.2) is 46.0 Å². The highest BCUT2D eigenvalue weighted by molar-refractivity contribution is 7.89. The number of thiazole rings is 1. The fourth-order valence-corrected chi connectivity index (χ4v) is 8.57. The van der Waals surface area contributed by atoms with E-state index in [2.05, 4.69) is 10.3 Å². The van der Waals surface area contributed by atoms with Crippen molar-refractivity contribution in [2.45, 2.75) is 56.4 Å². The molecule has 5 rings (SSSR count). The summed E-state index contributed by atoms with van der Waals surface area (Å²) in [4.78, 5) is 22.3. The number of allylic oxidation sites excluding steroid dienone is 1. The number of sulfonamides is 1. The molecule has 1 aliphatic carbocycles. The number of hydrogen-bond donors (Lipinski definition) is 2. The van der Waals surface area contributed by atoms with E-state index < -0.39 is 38.7 Å². The first-order valence-electron chi connectivity index (χ1n) is 13.1. The average molecular weight is 611 g/mol. The van der Waals surface area contributed by atoms with Gasteiger partial charge in [-0.05, 0) is 57.6 Å². The first-order chi connectivity index (χ1) is 18.9. The summed E-state index contributed by atoms with van der Waals surface area (Å²) in [7, 11) is -2.22. The third-order valence-corrected chi connectivity index (χ3v) is 11.5. The summed E-state index contributed by atoms with van der Waals surface area (Å²) < 4.78 is 47.2. The van der Waals surface area contributed by atoms with Crippen molar-refractivity contribution in [3.63, 3.8) is 0 Å². The number of carbonyl (C=O) groups is 1. The molecule has 13 heteroatoms. The van der Waals surface area contributed by atoms with Crippen LogP contribution in [0, 0.1) is 17.7 Å². The first-order valence-corrected chi connectivity index (χ1v) is 15.9. The number of halogens is 2. The minimum atomic E-state index is -3.51. The van der Waals surface area contributed by atoms with E-state index in [0.717, 1.165) is 0 Å². The predicted octanol–water partition coefficient (Wildman–Crippen LogP) is 4.05. The fraction of sp³-hybridized carbons (Fsp3) is 0.519. The SMILES string of the molecule is COC(=O)C1=C(C2CCN(S(=O)(=O)C3CC(C(C)(C)O)C3)CC2)NC(c2nccs2)=NC1c1ccc(F)cc1Cl. The number of aliphatic imine (C=N–C) groups is 1. The van der Waals surface area contributed by atoms with Crippen LogP contribution >= 0.6 is 22.9 Å². The molecule has 9 nitrogen and oxygen atoms in total. The molecule has 1 saturated heterocycles. The van der Waals surface area contributed by atoms with Crippen LogP contribution < -0.4 is 5.32 Å². The minimum Gasteiger partial charge on any atom is -0.466 e. The molecule has 0 radical (unpaired) electrons. The molecular formula is C27H32ClFN4O5S2. The van der Waals surface area contributed by atoms with E-state index in [-0.39, 0.29) is 22.4 Å². The molecule has 0 bridgehead atoms. The monoisotopic (exact) mass is 610 g/mol. The number of ether oxygens (including phenoxy) is 1. The van der Waals surface area contributed by atoms with Crippen LogP contribution in [0.4, 0.5) is 4.39 Å². The number of piperidine rings is 1. The van der Waals surface area contributed by atoms with Crippen molar-refractivity contribution >= 4 is 44.8 Å². The van der Waals surface area contributed by atoms with Crippen molar-refractivity contribution in [1.82, 2.24) is 14.6 Å². The van der Waals surface area contributed by atoms with E-state index >= 15 is 0 Å². The molecule has 1 unspecified atom stereocenters. The van der Waals surface area contributed by atoms with Gasteiger partial charge < -0.3 is 15.2 Å². The molecule has 216 valence electrons. The maximum atomic E-state index is 13.9. The number of carbonyl (C=O) groups excluding carboxylic acids is 1. The number of nitrogens with zero attached hydrogens (tertiary/aromatic N) is 3. The molecule has 40 heavy (non-hydrogen) atoms. The molecule has 1 atom stereocenters. The van der Waals surface area contributed by atoms with E-state index in [1.165, 1.54) is 41.0 Å². The van der Waals surface area contributed by atoms with Gasteiger partial charge in [0.2, 0.25) is 10.0 Å². The van der Waals surface area contributed by atoms with Gasteiger partial charge in [0.25, 0.3) is 0 Å². The van der Waals surface area contributed by atoms with E-state index in [4.69, 9.17) is 21.3 Å². The van der Waals surface area contributed by atoms with Crippen LogP contribution in [-0.2, 0) is 19.6 Å². The zero-order valence-corrected chi connectivity index (χ0v) is 24.8. The normalized spacial score (nSPS) is 24.8. The molecule has 3 aliphatic rings. The lowest BCUT2D eigenvalue weighted by molar-refractivity contribution is -0.136. The van der Waals surface area contributed by atoms with Crippen LogP contribution in [0.2, 0.25) is 5.02 Å². The van der Waals surface area contributed by atoms with Gasteiger partial charge in [0.15, 0.2) is 10.8 Å². The third-order valence-electron chi connectivity index (χ3n) is 8.11. The Kier molecular flexibility index (Phi) is 8.10. The zero-order valence-electron chi connectivity index (χ0n) is 22.4. The maximum absolute atomic E-state index is 13.9. The number of methoxy groups -OCH3 is 1. The Hall–Kier alpha value is -2.38. The van der Waals surface area contributed by atoms with Gasteiger partial charge in [0.05, 0.1) is 23.5 Å². The Balaban J connectivity index is 1.44. The summed E-state index contributed by atoms with van der Waals surface area (Å²) in [6.07, 6.45) is 3.48. The highest BCUT2D eigenvalue weighted by atomic mass is 35.5. The van der Waals surface area contributed by atoms with Crippen molar-refractivity contribution in [3.8, 4) is 0 Å². The lowest BCUT2D eigenvalue weighted by Crippen LogP contribution is -2.52. The quantitative estimate of drug-likeness (QED) is 0.454. The Morgan fingerprint density at radius 3 is 2.55 bits per heavy atom. The largest absolute Gasteiger partial charge is 0.466 e. The summed E-state index contributed by atoms with van der Waals surface area (Å²) >= 11 is 7.81. The summed E-state index contributed by atoms with van der Waals surface area (Å²) in [5.41, 5.74) is 0.385. The molecule has 2 fully saturated rings. The van der Waals surface area contributed by atoms with Crippen LogP contribution in [0.3, 0.4) is 0 Å². The third kappa shape index (κ3) is 5.56.